The molecular weight excluding hydrogens is 274 g/mol. The van der Waals surface area contributed by atoms with Crippen LogP contribution in [-0.2, 0) is 13.0 Å². The molecule has 0 fully saturated rings. The van der Waals surface area contributed by atoms with Crippen molar-refractivity contribution >= 4 is 11.6 Å². The molecule has 0 aliphatic heterocycles. The maximum atomic E-state index is 6.12. The lowest BCUT2D eigenvalue weighted by Crippen LogP contribution is -2.04. The summed E-state index contributed by atoms with van der Waals surface area (Å²) in [6, 6.07) is 5.76. The predicted octanol–water partition coefficient (Wildman–Crippen LogP) is 3.70. The van der Waals surface area contributed by atoms with E-state index in [1.54, 1.807) is 7.11 Å². The number of ether oxygens (including phenoxy) is 1. The Labute approximate surface area is 124 Å². The number of aromatic nitrogens is 3. The van der Waals surface area contributed by atoms with Gasteiger partial charge in [-0.2, -0.15) is 0 Å². The van der Waals surface area contributed by atoms with E-state index in [9.17, 15) is 0 Å². The minimum Gasteiger partial charge on any atom is -0.496 e. The zero-order chi connectivity index (χ0) is 14.5. The summed E-state index contributed by atoms with van der Waals surface area (Å²) >= 11 is 6.12. The molecule has 0 aliphatic rings. The minimum absolute atomic E-state index is 0.325. The van der Waals surface area contributed by atoms with E-state index >= 15 is 0 Å². The van der Waals surface area contributed by atoms with Crippen LogP contribution in [0.5, 0.6) is 5.75 Å². The summed E-state index contributed by atoms with van der Waals surface area (Å²) in [5.74, 6) is 1.20. The zero-order valence-corrected chi connectivity index (χ0v) is 12.9. The van der Waals surface area contributed by atoms with Crippen LogP contribution in [0.2, 0.25) is 5.02 Å². The SMILES string of the molecule is CCC(Cc1cn(CC)nn1)c1cc(Cl)ccc1OC. The normalized spacial score (nSPS) is 12.4. The molecular formula is C15H20ClN3O. The van der Waals surface area contributed by atoms with Crippen molar-refractivity contribution in [3.63, 3.8) is 0 Å². The third kappa shape index (κ3) is 3.31. The lowest BCUT2D eigenvalue weighted by Gasteiger charge is -2.17. The second kappa shape index (κ2) is 6.75. The molecule has 0 aliphatic carbocycles. The van der Waals surface area contributed by atoms with Crippen molar-refractivity contribution < 1.29 is 4.74 Å². The number of benzene rings is 1. The fourth-order valence-electron chi connectivity index (χ4n) is 2.34. The molecule has 0 amide bonds. The van der Waals surface area contributed by atoms with Crippen molar-refractivity contribution in [3.05, 3.63) is 40.7 Å². The lowest BCUT2D eigenvalue weighted by molar-refractivity contribution is 0.404. The Morgan fingerprint density at radius 2 is 2.15 bits per heavy atom. The van der Waals surface area contributed by atoms with Crippen LogP contribution in [0.4, 0.5) is 0 Å². The van der Waals surface area contributed by atoms with E-state index in [1.165, 1.54) is 0 Å². The standard InChI is InChI=1S/C15H20ClN3O/c1-4-11(8-13-10-19(5-2)18-17-13)14-9-12(16)6-7-15(14)20-3/h6-7,9-11H,4-5,8H2,1-3H3. The van der Waals surface area contributed by atoms with Crippen LogP contribution >= 0.6 is 11.6 Å². The van der Waals surface area contributed by atoms with E-state index in [4.69, 9.17) is 16.3 Å². The summed E-state index contributed by atoms with van der Waals surface area (Å²) in [5.41, 5.74) is 2.13. The smallest absolute Gasteiger partial charge is 0.122 e. The number of aryl methyl sites for hydroxylation is 1. The maximum absolute atomic E-state index is 6.12. The third-order valence-corrected chi connectivity index (χ3v) is 3.73. The van der Waals surface area contributed by atoms with E-state index in [2.05, 4.69) is 24.2 Å². The largest absolute Gasteiger partial charge is 0.496 e. The number of halogens is 1. The van der Waals surface area contributed by atoms with Crippen molar-refractivity contribution in [2.24, 2.45) is 0 Å². The number of hydrogen-bond donors (Lipinski definition) is 0. The van der Waals surface area contributed by atoms with Crippen molar-refractivity contribution in [2.45, 2.75) is 39.2 Å². The monoisotopic (exact) mass is 293 g/mol. The fraction of sp³-hybridized carbons (Fsp3) is 0.467. The van der Waals surface area contributed by atoms with Gasteiger partial charge in [0.2, 0.25) is 0 Å². The van der Waals surface area contributed by atoms with Crippen LogP contribution in [0.1, 0.15) is 37.4 Å². The molecule has 4 nitrogen and oxygen atoms in total. The fourth-order valence-corrected chi connectivity index (χ4v) is 2.52. The highest BCUT2D eigenvalue weighted by atomic mass is 35.5. The van der Waals surface area contributed by atoms with Gasteiger partial charge in [0.05, 0.1) is 12.8 Å². The van der Waals surface area contributed by atoms with Gasteiger partial charge < -0.3 is 4.74 Å². The molecule has 20 heavy (non-hydrogen) atoms. The number of nitrogens with zero attached hydrogens (tertiary/aromatic N) is 3. The second-order valence-electron chi connectivity index (χ2n) is 4.76. The van der Waals surface area contributed by atoms with Crippen LogP contribution in [0.25, 0.3) is 0 Å². The van der Waals surface area contributed by atoms with Crippen LogP contribution in [0.3, 0.4) is 0 Å². The summed E-state index contributed by atoms with van der Waals surface area (Å²) in [5, 5.41) is 9.04. The first-order valence-electron chi connectivity index (χ1n) is 6.90. The van der Waals surface area contributed by atoms with Crippen molar-refractivity contribution in [1.82, 2.24) is 15.0 Å². The average molecular weight is 294 g/mol. The molecule has 1 unspecified atom stereocenters. The van der Waals surface area contributed by atoms with Gasteiger partial charge in [0.1, 0.15) is 5.75 Å². The summed E-state index contributed by atoms with van der Waals surface area (Å²) < 4.78 is 7.29. The van der Waals surface area contributed by atoms with Gasteiger partial charge >= 0.3 is 0 Å². The molecule has 2 rings (SSSR count). The highest BCUT2D eigenvalue weighted by molar-refractivity contribution is 6.30. The van der Waals surface area contributed by atoms with Gasteiger partial charge in [0.25, 0.3) is 0 Å². The van der Waals surface area contributed by atoms with Gasteiger partial charge in [-0.25, -0.2) is 0 Å². The topological polar surface area (TPSA) is 39.9 Å². The van der Waals surface area contributed by atoms with Crippen LogP contribution in [-0.4, -0.2) is 22.1 Å². The van der Waals surface area contributed by atoms with Crippen molar-refractivity contribution in [3.8, 4) is 5.75 Å². The molecule has 2 aromatic rings. The quantitative estimate of drug-likeness (QED) is 0.815. The number of hydrogen-bond acceptors (Lipinski definition) is 3. The van der Waals surface area contributed by atoms with E-state index < -0.39 is 0 Å². The molecule has 1 aromatic heterocycles. The van der Waals surface area contributed by atoms with Crippen LogP contribution in [0, 0.1) is 0 Å². The first-order valence-corrected chi connectivity index (χ1v) is 7.28. The highest BCUT2D eigenvalue weighted by Gasteiger charge is 2.17. The van der Waals surface area contributed by atoms with Gasteiger partial charge in [0.15, 0.2) is 0 Å². The van der Waals surface area contributed by atoms with Gasteiger partial charge in [-0.1, -0.05) is 23.7 Å². The molecule has 0 spiro atoms. The molecule has 0 bridgehead atoms. The molecule has 1 atom stereocenters. The van der Waals surface area contributed by atoms with E-state index in [1.807, 2.05) is 29.1 Å². The number of methoxy groups -OCH3 is 1. The summed E-state index contributed by atoms with van der Waals surface area (Å²) in [6.07, 6.45) is 3.84. The predicted molar refractivity (Wildman–Crippen MR) is 80.4 cm³/mol. The first kappa shape index (κ1) is 14.9. The van der Waals surface area contributed by atoms with Crippen LogP contribution in [0.15, 0.2) is 24.4 Å². The Kier molecular flexibility index (Phi) is 5.01. The highest BCUT2D eigenvalue weighted by Crippen LogP contribution is 2.33. The average Bonchev–Trinajstić information content (AvgIpc) is 2.92. The molecule has 0 saturated heterocycles. The van der Waals surface area contributed by atoms with Gasteiger partial charge in [0, 0.05) is 24.2 Å². The van der Waals surface area contributed by atoms with E-state index in [0.29, 0.717) is 5.92 Å². The van der Waals surface area contributed by atoms with Gasteiger partial charge in [-0.05, 0) is 43.0 Å². The van der Waals surface area contributed by atoms with E-state index in [-0.39, 0.29) is 0 Å². The second-order valence-corrected chi connectivity index (χ2v) is 5.20. The molecule has 1 aromatic carbocycles. The molecule has 0 N–H and O–H groups in total. The van der Waals surface area contributed by atoms with Crippen molar-refractivity contribution in [1.29, 1.82) is 0 Å². The van der Waals surface area contributed by atoms with Gasteiger partial charge in [-0.3, -0.25) is 4.68 Å². The molecule has 108 valence electrons. The molecule has 1 heterocycles. The Morgan fingerprint density at radius 1 is 1.35 bits per heavy atom. The van der Waals surface area contributed by atoms with Crippen molar-refractivity contribution in [2.75, 3.05) is 7.11 Å². The Balaban J connectivity index is 2.25. The lowest BCUT2D eigenvalue weighted by atomic mass is 9.91. The minimum atomic E-state index is 0.325. The van der Waals surface area contributed by atoms with Crippen LogP contribution < -0.4 is 4.74 Å². The molecule has 0 saturated carbocycles. The molecule has 5 heteroatoms. The number of rotatable bonds is 6. The molecule has 0 radical (unpaired) electrons. The summed E-state index contributed by atoms with van der Waals surface area (Å²) in [7, 11) is 1.69. The summed E-state index contributed by atoms with van der Waals surface area (Å²) in [4.78, 5) is 0. The van der Waals surface area contributed by atoms with Gasteiger partial charge in [-0.15, -0.1) is 5.10 Å². The third-order valence-electron chi connectivity index (χ3n) is 3.49. The Morgan fingerprint density at radius 3 is 2.75 bits per heavy atom. The Hall–Kier alpha value is -1.55. The maximum Gasteiger partial charge on any atom is 0.122 e. The summed E-state index contributed by atoms with van der Waals surface area (Å²) in [6.45, 7) is 5.05. The first-order chi connectivity index (χ1) is 9.67. The Bertz CT molecular complexity index is 568. The zero-order valence-electron chi connectivity index (χ0n) is 12.1. The van der Waals surface area contributed by atoms with E-state index in [0.717, 1.165) is 41.4 Å².